The van der Waals surface area contributed by atoms with Crippen LogP contribution in [0.25, 0.3) is 0 Å². The van der Waals surface area contributed by atoms with E-state index in [4.69, 9.17) is 14.2 Å². The van der Waals surface area contributed by atoms with E-state index in [1.165, 1.54) is 0 Å². The van der Waals surface area contributed by atoms with Crippen molar-refractivity contribution >= 4 is 11.9 Å². The van der Waals surface area contributed by atoms with Crippen LogP contribution in [0.15, 0.2) is 0 Å². The molecule has 0 aromatic heterocycles. The first kappa shape index (κ1) is 31.8. The Morgan fingerprint density at radius 1 is 0.800 bits per heavy atom. The van der Waals surface area contributed by atoms with Crippen LogP contribution in [0.4, 0.5) is 0 Å². The maximum atomic E-state index is 12.7. The minimum Gasteiger partial charge on any atom is -0.550 e. The Morgan fingerprint density at radius 2 is 1.34 bits per heavy atom. The lowest BCUT2D eigenvalue weighted by Crippen LogP contribution is -2.58. The van der Waals surface area contributed by atoms with Gasteiger partial charge in [-0.15, -0.1) is 0 Å². The van der Waals surface area contributed by atoms with Crippen molar-refractivity contribution in [2.75, 3.05) is 0 Å². The van der Waals surface area contributed by atoms with E-state index in [0.717, 1.165) is 64.2 Å². The Morgan fingerprint density at radius 3 is 1.89 bits per heavy atom. The summed E-state index contributed by atoms with van der Waals surface area (Å²) in [7, 11) is 0. The number of carboxylic acid groups (broad SMARTS) is 1. The van der Waals surface area contributed by atoms with Crippen molar-refractivity contribution in [2.45, 2.75) is 154 Å². The number of aliphatic hydroxyl groups is 3. The van der Waals surface area contributed by atoms with Gasteiger partial charge in [0.05, 0.1) is 18.6 Å². The molecule has 0 bridgehead atoms. The summed E-state index contributed by atoms with van der Waals surface area (Å²) in [6.07, 6.45) is 3.00. The largest absolute Gasteiger partial charge is 0.550 e. The second kappa shape index (κ2) is 18.1. The van der Waals surface area contributed by atoms with E-state index < -0.39 is 54.9 Å². The average molecular weight is 504 g/mol. The van der Waals surface area contributed by atoms with Gasteiger partial charge >= 0.3 is 5.97 Å². The molecule has 2 unspecified atom stereocenters. The molecule has 1 aliphatic heterocycles. The Kier molecular flexibility index (Phi) is 16.4. The Labute approximate surface area is 210 Å². The number of unbranched alkanes of at least 4 members (excludes halogenated alkanes) is 8. The van der Waals surface area contributed by atoms with Crippen molar-refractivity contribution in [1.82, 2.24) is 0 Å². The van der Waals surface area contributed by atoms with Gasteiger partial charge in [-0.2, -0.15) is 0 Å². The Bertz CT molecular complexity index is 585. The van der Waals surface area contributed by atoms with Crippen LogP contribution >= 0.6 is 0 Å². The molecule has 0 aliphatic carbocycles. The van der Waals surface area contributed by atoms with Crippen LogP contribution < -0.4 is 5.11 Å². The number of hydrogen-bond acceptors (Lipinski definition) is 9. The second-order valence-electron chi connectivity index (χ2n) is 9.74. The molecule has 206 valence electrons. The summed E-state index contributed by atoms with van der Waals surface area (Å²) in [6.45, 7) is 5.80. The van der Waals surface area contributed by atoms with Gasteiger partial charge in [0.15, 0.2) is 6.29 Å². The molecule has 0 aromatic rings. The molecule has 9 heteroatoms. The van der Waals surface area contributed by atoms with Crippen LogP contribution in [0, 0.1) is 0 Å². The molecule has 3 N–H and O–H groups in total. The Hall–Kier alpha value is -1.26. The van der Waals surface area contributed by atoms with E-state index >= 15 is 0 Å². The van der Waals surface area contributed by atoms with E-state index in [-0.39, 0.29) is 12.8 Å². The quantitative estimate of drug-likeness (QED) is 0.179. The van der Waals surface area contributed by atoms with E-state index in [9.17, 15) is 30.0 Å². The van der Waals surface area contributed by atoms with Gasteiger partial charge in [-0.05, 0) is 26.2 Å². The second-order valence-corrected chi connectivity index (χ2v) is 9.74. The van der Waals surface area contributed by atoms with E-state index in [2.05, 4.69) is 13.8 Å². The standard InChI is InChI=1S/C26H48O9/c1-4-6-8-10-12-14-19(16-21(27)28)34-22(29)17-20(15-13-11-9-7-5-2)35-26-25(32)24(31)23(30)18(3)33-26/h18-20,23-26,30-32H,4-17H2,1-3H3,(H,27,28)/p-1/t18-,19?,20?,23-,24+,25+,26-/m0/s1. The number of carbonyl (C=O) groups is 2. The van der Waals surface area contributed by atoms with Crippen molar-refractivity contribution < 1.29 is 44.2 Å². The van der Waals surface area contributed by atoms with Gasteiger partial charge < -0.3 is 39.4 Å². The molecular weight excluding hydrogens is 456 g/mol. The topological polar surface area (TPSA) is 146 Å². The molecule has 1 rings (SSSR count). The van der Waals surface area contributed by atoms with Crippen LogP contribution in [0.2, 0.25) is 0 Å². The molecule has 1 heterocycles. The zero-order chi connectivity index (χ0) is 26.2. The van der Waals surface area contributed by atoms with Crippen molar-refractivity contribution in [2.24, 2.45) is 0 Å². The summed E-state index contributed by atoms with van der Waals surface area (Å²) in [5, 5.41) is 41.4. The summed E-state index contributed by atoms with van der Waals surface area (Å²) in [4.78, 5) is 23.9. The minimum atomic E-state index is -1.46. The predicted molar refractivity (Wildman–Crippen MR) is 128 cm³/mol. The summed E-state index contributed by atoms with van der Waals surface area (Å²) in [5.74, 6) is -1.84. The lowest BCUT2D eigenvalue weighted by atomic mass is 9.99. The molecule has 35 heavy (non-hydrogen) atoms. The van der Waals surface area contributed by atoms with Crippen LogP contribution in [0.1, 0.15) is 111 Å². The molecule has 1 saturated heterocycles. The SMILES string of the molecule is CCCCCCCC(CC(=O)[O-])OC(=O)CC(CCCCCCC)O[C@@H]1O[C@@H](C)[C@H](O)[C@@H](O)[C@H]1O. The molecule has 0 aromatic carbocycles. The highest BCUT2D eigenvalue weighted by atomic mass is 16.7. The maximum absolute atomic E-state index is 12.7. The number of esters is 1. The zero-order valence-electron chi connectivity index (χ0n) is 21.7. The number of hydrogen-bond donors (Lipinski definition) is 3. The number of aliphatic hydroxyl groups excluding tert-OH is 3. The van der Waals surface area contributed by atoms with Gasteiger partial charge in [-0.25, -0.2) is 0 Å². The van der Waals surface area contributed by atoms with Crippen LogP contribution in [0.5, 0.6) is 0 Å². The van der Waals surface area contributed by atoms with E-state index in [1.807, 2.05) is 0 Å². The smallest absolute Gasteiger partial charge is 0.308 e. The molecule has 0 saturated carbocycles. The van der Waals surface area contributed by atoms with Gasteiger partial charge in [0.2, 0.25) is 0 Å². The monoisotopic (exact) mass is 503 g/mol. The number of ether oxygens (including phenoxy) is 3. The third-order valence-electron chi connectivity index (χ3n) is 6.48. The third kappa shape index (κ3) is 13.0. The number of carboxylic acids is 1. The molecular formula is C26H47O9-. The van der Waals surface area contributed by atoms with Gasteiger partial charge in [-0.3, -0.25) is 4.79 Å². The van der Waals surface area contributed by atoms with Crippen molar-refractivity contribution in [3.05, 3.63) is 0 Å². The fourth-order valence-electron chi connectivity index (χ4n) is 4.29. The first-order chi connectivity index (χ1) is 16.7. The summed E-state index contributed by atoms with van der Waals surface area (Å²) < 4.78 is 16.9. The normalized spacial score (nSPS) is 26.3. The average Bonchev–Trinajstić information content (AvgIpc) is 2.80. The minimum absolute atomic E-state index is 0.132. The van der Waals surface area contributed by atoms with Gasteiger partial charge in [0, 0.05) is 12.4 Å². The molecule has 0 radical (unpaired) electrons. The fourth-order valence-corrected chi connectivity index (χ4v) is 4.29. The van der Waals surface area contributed by atoms with Crippen molar-refractivity contribution in [1.29, 1.82) is 0 Å². The molecule has 9 nitrogen and oxygen atoms in total. The third-order valence-corrected chi connectivity index (χ3v) is 6.48. The summed E-state index contributed by atoms with van der Waals surface area (Å²) in [5.41, 5.74) is 0. The molecule has 0 amide bonds. The van der Waals surface area contributed by atoms with Crippen LogP contribution in [-0.4, -0.2) is 70.2 Å². The lowest BCUT2D eigenvalue weighted by molar-refractivity contribution is -0.307. The molecule has 7 atom stereocenters. The fraction of sp³-hybridized carbons (Fsp3) is 0.923. The van der Waals surface area contributed by atoms with Crippen molar-refractivity contribution in [3.63, 3.8) is 0 Å². The highest BCUT2D eigenvalue weighted by Crippen LogP contribution is 2.25. The first-order valence-electron chi connectivity index (χ1n) is 13.4. The van der Waals surface area contributed by atoms with Crippen LogP contribution in [0.3, 0.4) is 0 Å². The number of carbonyl (C=O) groups excluding carboxylic acids is 2. The highest BCUT2D eigenvalue weighted by molar-refractivity contribution is 5.71. The molecule has 0 spiro atoms. The van der Waals surface area contributed by atoms with Gasteiger partial charge in [0.1, 0.15) is 24.4 Å². The molecule has 1 aliphatic rings. The number of aliphatic carboxylic acids is 1. The maximum Gasteiger partial charge on any atom is 0.308 e. The lowest BCUT2D eigenvalue weighted by Gasteiger charge is -2.40. The van der Waals surface area contributed by atoms with Gasteiger partial charge in [-0.1, -0.05) is 71.6 Å². The molecule has 1 fully saturated rings. The summed E-state index contributed by atoms with van der Waals surface area (Å²) in [6, 6.07) is 0. The first-order valence-corrected chi connectivity index (χ1v) is 13.4. The van der Waals surface area contributed by atoms with Gasteiger partial charge in [0.25, 0.3) is 0 Å². The Balaban J connectivity index is 2.72. The highest BCUT2D eigenvalue weighted by Gasteiger charge is 2.43. The number of rotatable bonds is 19. The zero-order valence-corrected chi connectivity index (χ0v) is 21.7. The van der Waals surface area contributed by atoms with Crippen molar-refractivity contribution in [3.8, 4) is 0 Å². The summed E-state index contributed by atoms with van der Waals surface area (Å²) >= 11 is 0. The van der Waals surface area contributed by atoms with E-state index in [0.29, 0.717) is 12.8 Å². The predicted octanol–water partition coefficient (Wildman–Crippen LogP) is 2.36. The van der Waals surface area contributed by atoms with E-state index in [1.54, 1.807) is 6.92 Å². The van der Waals surface area contributed by atoms with Crippen LogP contribution in [-0.2, 0) is 23.8 Å².